The van der Waals surface area contributed by atoms with Crippen LogP contribution in [0.15, 0.2) is 41.3 Å². The summed E-state index contributed by atoms with van der Waals surface area (Å²) in [4.78, 5) is 14.2. The molecule has 4 nitrogen and oxygen atoms in total. The van der Waals surface area contributed by atoms with E-state index < -0.39 is 6.17 Å². The SMILES string of the molecule is O=c1[nH]n(CCN2CCC(F)CC2)cc1-c1ccccc1. The number of rotatable bonds is 4. The fourth-order valence-corrected chi connectivity index (χ4v) is 2.76. The molecule has 5 heteroatoms. The summed E-state index contributed by atoms with van der Waals surface area (Å²) >= 11 is 0. The van der Waals surface area contributed by atoms with Gasteiger partial charge in [-0.3, -0.25) is 14.6 Å². The number of aromatic nitrogens is 2. The number of piperidine rings is 1. The molecule has 3 rings (SSSR count). The van der Waals surface area contributed by atoms with E-state index in [1.54, 1.807) is 0 Å². The number of nitrogens with one attached hydrogen (secondary N) is 1. The van der Waals surface area contributed by atoms with Gasteiger partial charge < -0.3 is 4.90 Å². The minimum absolute atomic E-state index is 0.0660. The minimum atomic E-state index is -0.641. The molecule has 0 bridgehead atoms. The number of hydrogen-bond donors (Lipinski definition) is 1. The predicted molar refractivity (Wildman–Crippen MR) is 81.1 cm³/mol. The maximum Gasteiger partial charge on any atom is 0.271 e. The van der Waals surface area contributed by atoms with Crippen LogP contribution in [0.1, 0.15) is 12.8 Å². The maximum absolute atomic E-state index is 13.1. The monoisotopic (exact) mass is 289 g/mol. The largest absolute Gasteiger partial charge is 0.301 e. The van der Waals surface area contributed by atoms with Gasteiger partial charge in [0.25, 0.3) is 5.56 Å². The summed E-state index contributed by atoms with van der Waals surface area (Å²) in [6.07, 6.45) is 2.46. The Kier molecular flexibility index (Phi) is 4.20. The third kappa shape index (κ3) is 3.42. The van der Waals surface area contributed by atoms with E-state index in [0.29, 0.717) is 18.4 Å². The molecule has 1 aliphatic rings. The highest BCUT2D eigenvalue weighted by Gasteiger charge is 2.18. The molecule has 2 heterocycles. The Morgan fingerprint density at radius 1 is 1.14 bits per heavy atom. The first-order valence-corrected chi connectivity index (χ1v) is 7.43. The van der Waals surface area contributed by atoms with Crippen LogP contribution in [0.5, 0.6) is 0 Å². The smallest absolute Gasteiger partial charge is 0.271 e. The second-order valence-electron chi connectivity index (χ2n) is 5.56. The molecule has 0 radical (unpaired) electrons. The van der Waals surface area contributed by atoms with Crippen LogP contribution in [0.4, 0.5) is 4.39 Å². The van der Waals surface area contributed by atoms with Gasteiger partial charge in [-0.05, 0) is 18.4 Å². The highest BCUT2D eigenvalue weighted by atomic mass is 19.1. The molecule has 112 valence electrons. The third-order valence-corrected chi connectivity index (χ3v) is 4.03. The number of H-pyrrole nitrogens is 1. The molecule has 0 amide bonds. The van der Waals surface area contributed by atoms with E-state index in [1.807, 2.05) is 41.2 Å². The van der Waals surface area contributed by atoms with E-state index in [1.165, 1.54) is 0 Å². The van der Waals surface area contributed by atoms with Crippen molar-refractivity contribution in [3.63, 3.8) is 0 Å². The number of likely N-dealkylation sites (tertiary alicyclic amines) is 1. The lowest BCUT2D eigenvalue weighted by Crippen LogP contribution is -2.36. The molecule has 1 aromatic heterocycles. The lowest BCUT2D eigenvalue weighted by Gasteiger charge is -2.28. The minimum Gasteiger partial charge on any atom is -0.301 e. The van der Waals surface area contributed by atoms with Crippen molar-refractivity contribution in [2.45, 2.75) is 25.6 Å². The van der Waals surface area contributed by atoms with Crippen molar-refractivity contribution in [1.29, 1.82) is 0 Å². The summed E-state index contributed by atoms with van der Waals surface area (Å²) < 4.78 is 14.9. The molecule has 0 saturated carbocycles. The second-order valence-corrected chi connectivity index (χ2v) is 5.56. The van der Waals surface area contributed by atoms with Crippen molar-refractivity contribution in [3.05, 3.63) is 46.9 Å². The first kappa shape index (κ1) is 14.1. The summed E-state index contributed by atoms with van der Waals surface area (Å²) in [5.74, 6) is 0. The highest BCUT2D eigenvalue weighted by molar-refractivity contribution is 5.61. The van der Waals surface area contributed by atoms with Gasteiger partial charge in [0.15, 0.2) is 0 Å². The van der Waals surface area contributed by atoms with Crippen molar-refractivity contribution in [2.24, 2.45) is 0 Å². The predicted octanol–water partition coefficient (Wildman–Crippen LogP) is 2.28. The van der Waals surface area contributed by atoms with Crippen LogP contribution in [0.25, 0.3) is 11.1 Å². The van der Waals surface area contributed by atoms with Crippen molar-refractivity contribution in [2.75, 3.05) is 19.6 Å². The fraction of sp³-hybridized carbons (Fsp3) is 0.438. The number of benzene rings is 1. The standard InChI is InChI=1S/C16H20FN3O/c17-14-6-8-19(9-7-14)10-11-20-12-15(16(21)18-20)13-4-2-1-3-5-13/h1-5,12,14H,6-11H2,(H,18,21). The molecule has 1 fully saturated rings. The number of halogens is 1. The number of hydrogen-bond acceptors (Lipinski definition) is 2. The molecule has 0 atom stereocenters. The summed E-state index contributed by atoms with van der Waals surface area (Å²) in [5, 5.41) is 2.85. The summed E-state index contributed by atoms with van der Waals surface area (Å²) in [5.41, 5.74) is 1.55. The van der Waals surface area contributed by atoms with Crippen LogP contribution in [0, 0.1) is 0 Å². The van der Waals surface area contributed by atoms with E-state index in [2.05, 4.69) is 10.00 Å². The maximum atomic E-state index is 13.1. The lowest BCUT2D eigenvalue weighted by atomic mass is 10.1. The van der Waals surface area contributed by atoms with Gasteiger partial charge in [0.1, 0.15) is 6.17 Å². The number of alkyl halides is 1. The third-order valence-electron chi connectivity index (χ3n) is 4.03. The van der Waals surface area contributed by atoms with Gasteiger partial charge in [-0.25, -0.2) is 4.39 Å². The van der Waals surface area contributed by atoms with Gasteiger partial charge in [-0.2, -0.15) is 0 Å². The van der Waals surface area contributed by atoms with Gasteiger partial charge in [0, 0.05) is 25.8 Å². The van der Waals surface area contributed by atoms with Crippen LogP contribution in [-0.4, -0.2) is 40.5 Å². The average molecular weight is 289 g/mol. The van der Waals surface area contributed by atoms with Crippen LogP contribution in [-0.2, 0) is 6.54 Å². The Balaban J connectivity index is 1.64. The zero-order chi connectivity index (χ0) is 14.7. The summed E-state index contributed by atoms with van der Waals surface area (Å²) in [6, 6.07) is 9.64. The molecule has 0 unspecified atom stereocenters. The second kappa shape index (κ2) is 6.26. The molecule has 0 spiro atoms. The Bertz CT molecular complexity index is 626. The van der Waals surface area contributed by atoms with Crippen LogP contribution in [0.2, 0.25) is 0 Å². The van der Waals surface area contributed by atoms with Crippen molar-refractivity contribution in [1.82, 2.24) is 14.7 Å². The quantitative estimate of drug-likeness (QED) is 0.938. The number of aromatic amines is 1. The van der Waals surface area contributed by atoms with Gasteiger partial charge in [-0.1, -0.05) is 30.3 Å². The summed E-state index contributed by atoms with van der Waals surface area (Å²) in [6.45, 7) is 3.17. The first-order valence-electron chi connectivity index (χ1n) is 7.43. The van der Waals surface area contributed by atoms with Crippen LogP contribution >= 0.6 is 0 Å². The topological polar surface area (TPSA) is 41.0 Å². The zero-order valence-electron chi connectivity index (χ0n) is 12.0. The Labute approximate surface area is 123 Å². The van der Waals surface area contributed by atoms with E-state index in [9.17, 15) is 9.18 Å². The average Bonchev–Trinajstić information content (AvgIpc) is 2.89. The lowest BCUT2D eigenvalue weighted by molar-refractivity contribution is 0.146. The van der Waals surface area contributed by atoms with Crippen LogP contribution < -0.4 is 5.56 Å². The molecule has 1 aliphatic heterocycles. The van der Waals surface area contributed by atoms with Crippen molar-refractivity contribution >= 4 is 0 Å². The van der Waals surface area contributed by atoms with Gasteiger partial charge in [0.2, 0.25) is 0 Å². The number of nitrogens with zero attached hydrogens (tertiary/aromatic N) is 2. The highest BCUT2D eigenvalue weighted by Crippen LogP contribution is 2.15. The van der Waals surface area contributed by atoms with Crippen molar-refractivity contribution < 1.29 is 4.39 Å². The molecule has 1 N–H and O–H groups in total. The normalized spacial score (nSPS) is 17.2. The molecular formula is C16H20FN3O. The van der Waals surface area contributed by atoms with E-state index in [4.69, 9.17) is 0 Å². The zero-order valence-corrected chi connectivity index (χ0v) is 12.0. The van der Waals surface area contributed by atoms with Crippen LogP contribution in [0.3, 0.4) is 0 Å². The van der Waals surface area contributed by atoms with Gasteiger partial charge in [-0.15, -0.1) is 0 Å². The molecule has 0 aliphatic carbocycles. The molecule has 1 saturated heterocycles. The molecule has 1 aromatic carbocycles. The van der Waals surface area contributed by atoms with Gasteiger partial charge >= 0.3 is 0 Å². The van der Waals surface area contributed by atoms with Crippen molar-refractivity contribution in [3.8, 4) is 11.1 Å². The van der Waals surface area contributed by atoms with E-state index >= 15 is 0 Å². The molecular weight excluding hydrogens is 269 g/mol. The van der Waals surface area contributed by atoms with Gasteiger partial charge in [0.05, 0.1) is 12.1 Å². The molecule has 21 heavy (non-hydrogen) atoms. The summed E-state index contributed by atoms with van der Waals surface area (Å²) in [7, 11) is 0. The Morgan fingerprint density at radius 2 is 1.86 bits per heavy atom. The van der Waals surface area contributed by atoms with E-state index in [0.717, 1.165) is 31.7 Å². The Morgan fingerprint density at radius 3 is 2.57 bits per heavy atom. The Hall–Kier alpha value is -1.88. The fourth-order valence-electron chi connectivity index (χ4n) is 2.76. The van der Waals surface area contributed by atoms with E-state index in [-0.39, 0.29) is 5.56 Å². The molecule has 2 aromatic rings. The first-order chi connectivity index (χ1) is 10.2.